The Kier molecular flexibility index (Phi) is 6.51. The fourth-order valence-corrected chi connectivity index (χ4v) is 6.54. The zero-order valence-electron chi connectivity index (χ0n) is 15.7. The van der Waals surface area contributed by atoms with E-state index in [1.54, 1.807) is 24.3 Å². The van der Waals surface area contributed by atoms with Crippen LogP contribution in [-0.2, 0) is 14.6 Å². The van der Waals surface area contributed by atoms with Crippen molar-refractivity contribution in [1.29, 1.82) is 0 Å². The Morgan fingerprint density at radius 2 is 1.72 bits per heavy atom. The maximum atomic E-state index is 13.3. The van der Waals surface area contributed by atoms with Crippen LogP contribution in [0.15, 0.2) is 59.5 Å². The van der Waals surface area contributed by atoms with Gasteiger partial charge in [-0.1, -0.05) is 53.6 Å². The lowest BCUT2D eigenvalue weighted by Gasteiger charge is -2.24. The van der Waals surface area contributed by atoms with Gasteiger partial charge in [-0.05, 0) is 67.8 Å². The van der Waals surface area contributed by atoms with Crippen LogP contribution >= 0.6 is 23.4 Å². The summed E-state index contributed by atoms with van der Waals surface area (Å²) in [5, 5.41) is 2.16. The molecule has 1 atom stereocenters. The zero-order chi connectivity index (χ0) is 21.1. The molecule has 0 aliphatic carbocycles. The average Bonchev–Trinajstić information content (AvgIpc) is 2.98. The van der Waals surface area contributed by atoms with E-state index >= 15 is 0 Å². The maximum absolute atomic E-state index is 13.3. The molecule has 0 aromatic heterocycles. The second-order valence-corrected chi connectivity index (χ2v) is 10.9. The largest absolute Gasteiger partial charge is 0.287 e. The van der Waals surface area contributed by atoms with Crippen molar-refractivity contribution in [3.05, 3.63) is 70.8 Å². The number of carbonyl (C=O) groups is 2. The molecule has 2 aromatic rings. The normalized spacial score (nSPS) is 19.7. The predicted octanol–water partition coefficient (Wildman–Crippen LogP) is 4.99. The van der Waals surface area contributed by atoms with Crippen LogP contribution in [-0.4, -0.2) is 23.6 Å². The van der Waals surface area contributed by atoms with Gasteiger partial charge < -0.3 is 0 Å². The molecule has 152 valence electrons. The predicted molar refractivity (Wildman–Crippen MR) is 117 cm³/mol. The highest BCUT2D eigenvalue weighted by atomic mass is 35.5. The summed E-state index contributed by atoms with van der Waals surface area (Å²) in [4.78, 5) is 24.4. The fourth-order valence-electron chi connectivity index (χ4n) is 3.04. The van der Waals surface area contributed by atoms with E-state index in [1.165, 1.54) is 12.1 Å². The summed E-state index contributed by atoms with van der Waals surface area (Å²) in [5.74, 6) is -0.769. The van der Waals surface area contributed by atoms with Crippen molar-refractivity contribution in [2.75, 3.05) is 0 Å². The molecule has 3 rings (SSSR count). The summed E-state index contributed by atoms with van der Waals surface area (Å²) in [6, 6.07) is 13.6. The molecule has 8 heteroatoms. The number of nitrogens with one attached hydrogen (secondary N) is 1. The van der Waals surface area contributed by atoms with Gasteiger partial charge in [0.05, 0.1) is 4.90 Å². The minimum absolute atomic E-state index is 0.0381. The van der Waals surface area contributed by atoms with Crippen LogP contribution in [0.2, 0.25) is 5.02 Å². The first-order valence-corrected chi connectivity index (χ1v) is 11.7. The van der Waals surface area contributed by atoms with Crippen LogP contribution in [0.3, 0.4) is 0 Å². The highest BCUT2D eigenvalue weighted by Crippen LogP contribution is 2.44. The van der Waals surface area contributed by atoms with E-state index in [1.807, 2.05) is 31.2 Å². The number of imide groups is 1. The number of hydrogen-bond acceptors (Lipinski definition) is 5. The van der Waals surface area contributed by atoms with Crippen LogP contribution in [0.4, 0.5) is 4.79 Å². The number of halogens is 1. The number of sulfone groups is 1. The summed E-state index contributed by atoms with van der Waals surface area (Å²) >= 11 is 6.42. The lowest BCUT2D eigenvalue weighted by atomic mass is 10.1. The standard InChI is InChI=1S/C21H20ClNO4S2/c1-15-6-12-18(13-7-15)29(26,27)21(19(24)23-20(25)28-21)14-4-2-3-5-16-8-10-17(22)11-9-16/h3,5-13H,2,4,14H2,1H3,(H,23,24,25)/b5-3-. The van der Waals surface area contributed by atoms with Crippen LogP contribution in [0.5, 0.6) is 0 Å². The summed E-state index contributed by atoms with van der Waals surface area (Å²) < 4.78 is 24.7. The molecular formula is C21H20ClNO4S2. The second-order valence-electron chi connectivity index (χ2n) is 6.76. The molecule has 0 spiro atoms. The van der Waals surface area contributed by atoms with Gasteiger partial charge in [-0.3, -0.25) is 14.9 Å². The fraction of sp³-hybridized carbons (Fsp3) is 0.238. The van der Waals surface area contributed by atoms with E-state index < -0.39 is 25.1 Å². The quantitative estimate of drug-likeness (QED) is 0.602. The molecule has 0 bridgehead atoms. The molecule has 1 N–H and O–H groups in total. The molecule has 29 heavy (non-hydrogen) atoms. The first-order valence-electron chi connectivity index (χ1n) is 9.02. The molecule has 1 saturated heterocycles. The number of thioether (sulfide) groups is 1. The summed E-state index contributed by atoms with van der Waals surface area (Å²) in [6.07, 6.45) is 4.86. The van der Waals surface area contributed by atoms with Gasteiger partial charge in [0.2, 0.25) is 13.9 Å². The van der Waals surface area contributed by atoms with Crippen molar-refractivity contribution >= 4 is 50.4 Å². The van der Waals surface area contributed by atoms with E-state index in [4.69, 9.17) is 11.6 Å². The van der Waals surface area contributed by atoms with Gasteiger partial charge in [-0.15, -0.1) is 0 Å². The number of rotatable bonds is 7. The van der Waals surface area contributed by atoms with Gasteiger partial charge in [-0.2, -0.15) is 0 Å². The number of aryl methyl sites for hydroxylation is 1. The van der Waals surface area contributed by atoms with Crippen molar-refractivity contribution in [1.82, 2.24) is 5.32 Å². The molecule has 0 radical (unpaired) electrons. The number of hydrogen-bond donors (Lipinski definition) is 1. The Balaban J connectivity index is 1.77. The molecule has 1 aliphatic heterocycles. The highest BCUT2D eigenvalue weighted by Gasteiger charge is 2.57. The van der Waals surface area contributed by atoms with E-state index in [0.29, 0.717) is 29.6 Å². The second kappa shape index (κ2) is 8.73. The smallest absolute Gasteiger partial charge is 0.285 e. The molecule has 5 nitrogen and oxygen atoms in total. The minimum atomic E-state index is -4.05. The Morgan fingerprint density at radius 3 is 2.31 bits per heavy atom. The van der Waals surface area contributed by atoms with E-state index in [0.717, 1.165) is 11.1 Å². The number of allylic oxidation sites excluding steroid dienone is 1. The molecule has 1 unspecified atom stereocenters. The maximum Gasteiger partial charge on any atom is 0.287 e. The molecule has 2 aromatic carbocycles. The number of unbranched alkanes of at least 4 members (excludes halogenated alkanes) is 1. The monoisotopic (exact) mass is 449 g/mol. The average molecular weight is 450 g/mol. The van der Waals surface area contributed by atoms with Gasteiger partial charge in [0, 0.05) is 5.02 Å². The van der Waals surface area contributed by atoms with E-state index in [2.05, 4.69) is 5.32 Å². The van der Waals surface area contributed by atoms with Crippen LogP contribution in [0.25, 0.3) is 6.08 Å². The van der Waals surface area contributed by atoms with Gasteiger partial charge in [0.1, 0.15) is 0 Å². The Morgan fingerprint density at radius 1 is 1.07 bits per heavy atom. The topological polar surface area (TPSA) is 80.3 Å². The SMILES string of the molecule is Cc1ccc(S(=O)(=O)C2(CCC/C=C\c3ccc(Cl)cc3)SC(=O)NC2=O)cc1. The van der Waals surface area contributed by atoms with Gasteiger partial charge in [0.25, 0.3) is 11.1 Å². The van der Waals surface area contributed by atoms with Gasteiger partial charge >= 0.3 is 0 Å². The molecular weight excluding hydrogens is 430 g/mol. The van der Waals surface area contributed by atoms with Crippen molar-refractivity contribution in [3.8, 4) is 0 Å². The Bertz CT molecular complexity index is 1050. The number of benzene rings is 2. The van der Waals surface area contributed by atoms with Crippen molar-refractivity contribution in [2.24, 2.45) is 0 Å². The summed E-state index contributed by atoms with van der Waals surface area (Å²) in [5.41, 5.74) is 1.88. The van der Waals surface area contributed by atoms with Gasteiger partial charge in [0.15, 0.2) is 0 Å². The van der Waals surface area contributed by atoms with Crippen molar-refractivity contribution in [3.63, 3.8) is 0 Å². The molecule has 1 aliphatic rings. The number of carbonyl (C=O) groups excluding carboxylic acids is 2. The minimum Gasteiger partial charge on any atom is -0.285 e. The zero-order valence-corrected chi connectivity index (χ0v) is 18.1. The number of amides is 2. The first-order chi connectivity index (χ1) is 13.7. The summed E-state index contributed by atoms with van der Waals surface area (Å²) in [6.45, 7) is 1.85. The Hall–Kier alpha value is -2.09. The lowest BCUT2D eigenvalue weighted by molar-refractivity contribution is -0.120. The third kappa shape index (κ3) is 4.57. The van der Waals surface area contributed by atoms with Crippen LogP contribution in [0, 0.1) is 6.92 Å². The summed E-state index contributed by atoms with van der Waals surface area (Å²) in [7, 11) is -4.05. The third-order valence-electron chi connectivity index (χ3n) is 4.64. The van der Waals surface area contributed by atoms with E-state index in [9.17, 15) is 18.0 Å². The van der Waals surface area contributed by atoms with Crippen LogP contribution in [0.1, 0.15) is 30.4 Å². The molecule has 1 heterocycles. The third-order valence-corrected chi connectivity index (χ3v) is 8.96. The highest BCUT2D eigenvalue weighted by molar-refractivity contribution is 8.25. The van der Waals surface area contributed by atoms with Crippen LogP contribution < -0.4 is 5.32 Å². The van der Waals surface area contributed by atoms with Crippen molar-refractivity contribution in [2.45, 2.75) is 35.2 Å². The molecule has 2 amide bonds. The van der Waals surface area contributed by atoms with Crippen molar-refractivity contribution < 1.29 is 18.0 Å². The Labute approximate surface area is 179 Å². The first kappa shape index (κ1) is 21.6. The van der Waals surface area contributed by atoms with E-state index in [-0.39, 0.29) is 11.3 Å². The van der Waals surface area contributed by atoms with Gasteiger partial charge in [-0.25, -0.2) is 8.42 Å². The molecule has 1 fully saturated rings. The molecule has 0 saturated carbocycles. The lowest BCUT2D eigenvalue weighted by Crippen LogP contribution is -2.43.